The van der Waals surface area contributed by atoms with E-state index >= 15 is 0 Å². The Kier molecular flexibility index (Phi) is 5.21. The van der Waals surface area contributed by atoms with Crippen molar-refractivity contribution in [3.63, 3.8) is 0 Å². The Morgan fingerprint density at radius 2 is 1.86 bits per heavy atom. The molecule has 0 fully saturated rings. The Morgan fingerprint density at radius 3 is 2.62 bits per heavy atom. The SMILES string of the molecule is O=C(C=Cc1cc(F)ccc1F)OCCc1ccccc1. The second-order valence-corrected chi connectivity index (χ2v) is 4.40. The monoisotopic (exact) mass is 288 g/mol. The predicted molar refractivity (Wildman–Crippen MR) is 76.5 cm³/mol. The lowest BCUT2D eigenvalue weighted by Gasteiger charge is -2.02. The van der Waals surface area contributed by atoms with Crippen LogP contribution in [0, 0.1) is 11.6 Å². The van der Waals surface area contributed by atoms with Gasteiger partial charge in [-0.3, -0.25) is 0 Å². The number of benzene rings is 2. The minimum absolute atomic E-state index is 0.00927. The third-order valence-corrected chi connectivity index (χ3v) is 2.83. The fourth-order valence-corrected chi connectivity index (χ4v) is 1.76. The molecule has 0 radical (unpaired) electrons. The molecule has 21 heavy (non-hydrogen) atoms. The molecule has 0 N–H and O–H groups in total. The van der Waals surface area contributed by atoms with Crippen LogP contribution in [0.25, 0.3) is 6.08 Å². The van der Waals surface area contributed by atoms with E-state index in [1.807, 2.05) is 30.3 Å². The number of carbonyl (C=O) groups is 1. The summed E-state index contributed by atoms with van der Waals surface area (Å²) >= 11 is 0. The van der Waals surface area contributed by atoms with Gasteiger partial charge in [-0.05, 0) is 29.8 Å². The summed E-state index contributed by atoms with van der Waals surface area (Å²) in [4.78, 5) is 11.5. The average Bonchev–Trinajstić information content (AvgIpc) is 2.49. The third kappa shape index (κ3) is 4.84. The summed E-state index contributed by atoms with van der Waals surface area (Å²) in [5, 5.41) is 0. The number of carbonyl (C=O) groups excluding carboxylic acids is 1. The second kappa shape index (κ2) is 7.33. The number of esters is 1. The first kappa shape index (κ1) is 14.9. The molecule has 2 rings (SSSR count). The topological polar surface area (TPSA) is 26.3 Å². The van der Waals surface area contributed by atoms with Gasteiger partial charge < -0.3 is 4.74 Å². The van der Waals surface area contributed by atoms with Crippen LogP contribution < -0.4 is 0 Å². The van der Waals surface area contributed by atoms with Crippen LogP contribution in [-0.2, 0) is 16.0 Å². The Morgan fingerprint density at radius 1 is 1.10 bits per heavy atom. The van der Waals surface area contributed by atoms with Gasteiger partial charge in [0.15, 0.2) is 0 Å². The molecule has 4 heteroatoms. The number of ether oxygens (including phenoxy) is 1. The predicted octanol–water partition coefficient (Wildman–Crippen LogP) is 3.76. The van der Waals surface area contributed by atoms with Gasteiger partial charge in [0, 0.05) is 18.1 Å². The number of hydrogen-bond acceptors (Lipinski definition) is 2. The van der Waals surface area contributed by atoms with Crippen molar-refractivity contribution in [1.82, 2.24) is 0 Å². The lowest BCUT2D eigenvalue weighted by molar-refractivity contribution is -0.137. The van der Waals surface area contributed by atoms with Crippen molar-refractivity contribution >= 4 is 12.0 Å². The molecule has 2 aromatic rings. The second-order valence-electron chi connectivity index (χ2n) is 4.40. The Labute approximate surface area is 121 Å². The molecule has 0 bridgehead atoms. The first-order valence-electron chi connectivity index (χ1n) is 6.49. The molecule has 0 spiro atoms. The third-order valence-electron chi connectivity index (χ3n) is 2.83. The largest absolute Gasteiger partial charge is 0.462 e. The first-order valence-corrected chi connectivity index (χ1v) is 6.49. The minimum atomic E-state index is -0.593. The number of halogens is 2. The van der Waals surface area contributed by atoms with E-state index in [-0.39, 0.29) is 12.2 Å². The molecule has 108 valence electrons. The quantitative estimate of drug-likeness (QED) is 0.618. The lowest BCUT2D eigenvalue weighted by Crippen LogP contribution is -2.04. The molecule has 0 atom stereocenters. The van der Waals surface area contributed by atoms with Gasteiger partial charge in [0.1, 0.15) is 11.6 Å². The van der Waals surface area contributed by atoms with Crippen LogP contribution in [0.2, 0.25) is 0 Å². The highest BCUT2D eigenvalue weighted by Gasteiger charge is 2.02. The van der Waals surface area contributed by atoms with Crippen molar-refractivity contribution in [2.24, 2.45) is 0 Å². The molecule has 0 heterocycles. The van der Waals surface area contributed by atoms with Crippen molar-refractivity contribution in [2.45, 2.75) is 6.42 Å². The van der Waals surface area contributed by atoms with Crippen molar-refractivity contribution in [1.29, 1.82) is 0 Å². The zero-order valence-corrected chi connectivity index (χ0v) is 11.3. The average molecular weight is 288 g/mol. The molecule has 0 aliphatic rings. The van der Waals surface area contributed by atoms with Gasteiger partial charge in [0.05, 0.1) is 6.61 Å². The van der Waals surface area contributed by atoms with Crippen LogP contribution in [0.5, 0.6) is 0 Å². The van der Waals surface area contributed by atoms with Gasteiger partial charge in [0.2, 0.25) is 0 Å². The Hall–Kier alpha value is -2.49. The summed E-state index contributed by atoms with van der Waals surface area (Å²) in [6.07, 6.45) is 2.89. The van der Waals surface area contributed by atoms with E-state index in [0.29, 0.717) is 6.42 Å². The summed E-state index contributed by atoms with van der Waals surface area (Å²) in [5.41, 5.74) is 1.07. The molecular formula is C17H14F2O2. The van der Waals surface area contributed by atoms with Gasteiger partial charge in [-0.2, -0.15) is 0 Å². The highest BCUT2D eigenvalue weighted by molar-refractivity contribution is 5.87. The smallest absolute Gasteiger partial charge is 0.330 e. The van der Waals surface area contributed by atoms with Crippen molar-refractivity contribution in [3.8, 4) is 0 Å². The van der Waals surface area contributed by atoms with E-state index in [1.165, 1.54) is 6.08 Å². The van der Waals surface area contributed by atoms with E-state index in [2.05, 4.69) is 0 Å². The van der Waals surface area contributed by atoms with E-state index in [4.69, 9.17) is 4.74 Å². The zero-order valence-electron chi connectivity index (χ0n) is 11.3. The standard InChI is InChI=1S/C17H14F2O2/c18-15-7-8-16(19)14(12-15)6-9-17(20)21-11-10-13-4-2-1-3-5-13/h1-9,12H,10-11H2. The number of rotatable bonds is 5. The van der Waals surface area contributed by atoms with Gasteiger partial charge in [-0.15, -0.1) is 0 Å². The summed E-state index contributed by atoms with van der Waals surface area (Å²) in [6.45, 7) is 0.235. The molecule has 0 saturated heterocycles. The van der Waals surface area contributed by atoms with Crippen LogP contribution in [-0.4, -0.2) is 12.6 Å². The van der Waals surface area contributed by atoms with E-state index in [1.54, 1.807) is 0 Å². The van der Waals surface area contributed by atoms with Gasteiger partial charge >= 0.3 is 5.97 Å². The fourth-order valence-electron chi connectivity index (χ4n) is 1.76. The maximum absolute atomic E-state index is 13.3. The molecule has 2 aromatic carbocycles. The summed E-state index contributed by atoms with van der Waals surface area (Å²) in [7, 11) is 0. The molecule has 0 unspecified atom stereocenters. The lowest BCUT2D eigenvalue weighted by atomic mass is 10.2. The highest BCUT2D eigenvalue weighted by Crippen LogP contribution is 2.11. The zero-order chi connectivity index (χ0) is 15.1. The van der Waals surface area contributed by atoms with Gasteiger partial charge in [0.25, 0.3) is 0 Å². The van der Waals surface area contributed by atoms with E-state index < -0.39 is 17.6 Å². The van der Waals surface area contributed by atoms with Crippen LogP contribution in [0.3, 0.4) is 0 Å². The van der Waals surface area contributed by atoms with Crippen LogP contribution in [0.1, 0.15) is 11.1 Å². The minimum Gasteiger partial charge on any atom is -0.462 e. The van der Waals surface area contributed by atoms with Crippen molar-refractivity contribution in [3.05, 3.63) is 77.4 Å². The molecule has 0 aliphatic heterocycles. The molecule has 0 aliphatic carbocycles. The van der Waals surface area contributed by atoms with Crippen LogP contribution in [0.15, 0.2) is 54.6 Å². The number of hydrogen-bond donors (Lipinski definition) is 0. The van der Waals surface area contributed by atoms with Gasteiger partial charge in [-0.1, -0.05) is 30.3 Å². The van der Waals surface area contributed by atoms with Crippen molar-refractivity contribution < 1.29 is 18.3 Å². The Bertz CT molecular complexity index is 636. The van der Waals surface area contributed by atoms with Crippen LogP contribution >= 0.6 is 0 Å². The fraction of sp³-hybridized carbons (Fsp3) is 0.118. The maximum Gasteiger partial charge on any atom is 0.330 e. The highest BCUT2D eigenvalue weighted by atomic mass is 19.1. The van der Waals surface area contributed by atoms with E-state index in [0.717, 1.165) is 29.8 Å². The molecule has 0 saturated carbocycles. The first-order chi connectivity index (χ1) is 10.1. The van der Waals surface area contributed by atoms with Gasteiger partial charge in [-0.25, -0.2) is 13.6 Å². The molecule has 0 amide bonds. The molecular weight excluding hydrogens is 274 g/mol. The summed E-state index contributed by atoms with van der Waals surface area (Å²) in [5.74, 6) is -1.74. The van der Waals surface area contributed by atoms with E-state index in [9.17, 15) is 13.6 Å². The molecule has 2 nitrogen and oxygen atoms in total. The Balaban J connectivity index is 1.84. The van der Waals surface area contributed by atoms with Crippen molar-refractivity contribution in [2.75, 3.05) is 6.61 Å². The van der Waals surface area contributed by atoms with Crippen LogP contribution in [0.4, 0.5) is 8.78 Å². The normalized spacial score (nSPS) is 10.8. The maximum atomic E-state index is 13.3. The summed E-state index contributed by atoms with van der Waals surface area (Å²) in [6, 6.07) is 12.6. The summed E-state index contributed by atoms with van der Waals surface area (Å²) < 4.78 is 31.3. The molecule has 0 aromatic heterocycles.